The largest absolute Gasteiger partial charge is 0.459 e. The van der Waals surface area contributed by atoms with E-state index in [4.69, 9.17) is 4.42 Å². The van der Waals surface area contributed by atoms with Crippen molar-refractivity contribution in [2.75, 3.05) is 5.32 Å². The third-order valence-electron chi connectivity index (χ3n) is 1.32. The highest BCUT2D eigenvalue weighted by molar-refractivity contribution is 6.00. The summed E-state index contributed by atoms with van der Waals surface area (Å²) in [5.74, 6) is -0.0994. The summed E-state index contributed by atoms with van der Waals surface area (Å²) in [6.07, 6.45) is 1.41. The molecule has 7 nitrogen and oxygen atoms in total. The van der Waals surface area contributed by atoms with Gasteiger partial charge in [0.1, 0.15) is 0 Å². The van der Waals surface area contributed by atoms with E-state index < -0.39 is 5.91 Å². The molecule has 2 heterocycles. The molecule has 2 aromatic rings. The maximum atomic E-state index is 11.2. The zero-order chi connectivity index (χ0) is 9.10. The summed E-state index contributed by atoms with van der Waals surface area (Å²) in [6.45, 7) is 0. The van der Waals surface area contributed by atoms with E-state index in [0.29, 0.717) is 0 Å². The van der Waals surface area contributed by atoms with Crippen molar-refractivity contribution in [3.63, 3.8) is 0 Å². The highest BCUT2D eigenvalue weighted by Crippen LogP contribution is 2.02. The van der Waals surface area contributed by atoms with E-state index in [9.17, 15) is 4.79 Å². The number of amides is 1. The number of carbonyl (C=O) groups is 1. The van der Waals surface area contributed by atoms with Gasteiger partial charge in [0.05, 0.1) is 6.26 Å². The van der Waals surface area contributed by atoms with Gasteiger partial charge in [0.25, 0.3) is 11.9 Å². The number of rotatable bonds is 2. The average Bonchev–Trinajstić information content (AvgIpc) is 2.74. The second-order valence-electron chi connectivity index (χ2n) is 2.17. The summed E-state index contributed by atoms with van der Waals surface area (Å²) in [5, 5.41) is 14.9. The molecular formula is C6H5N5O2. The van der Waals surface area contributed by atoms with Crippen LogP contribution in [0.1, 0.15) is 10.6 Å². The Morgan fingerprint density at radius 3 is 3.15 bits per heavy atom. The van der Waals surface area contributed by atoms with Gasteiger partial charge in [-0.15, -0.1) is 5.10 Å². The molecule has 0 fully saturated rings. The van der Waals surface area contributed by atoms with Gasteiger partial charge in [-0.3, -0.25) is 10.1 Å². The van der Waals surface area contributed by atoms with Crippen LogP contribution in [-0.4, -0.2) is 26.5 Å². The molecule has 0 radical (unpaired) electrons. The summed E-state index contributed by atoms with van der Waals surface area (Å²) in [5.41, 5.74) is 0. The number of nitrogens with one attached hydrogen (secondary N) is 2. The lowest BCUT2D eigenvalue weighted by Crippen LogP contribution is -2.11. The summed E-state index contributed by atoms with van der Waals surface area (Å²) >= 11 is 0. The van der Waals surface area contributed by atoms with Gasteiger partial charge in [0, 0.05) is 0 Å². The first-order valence-electron chi connectivity index (χ1n) is 3.44. The van der Waals surface area contributed by atoms with Crippen molar-refractivity contribution in [1.29, 1.82) is 0 Å². The van der Waals surface area contributed by atoms with Gasteiger partial charge in [0.2, 0.25) is 0 Å². The van der Waals surface area contributed by atoms with Gasteiger partial charge in [-0.2, -0.15) is 5.21 Å². The number of nitrogens with zero attached hydrogens (tertiary/aromatic N) is 3. The minimum atomic E-state index is -0.411. The van der Waals surface area contributed by atoms with Gasteiger partial charge in [-0.25, -0.2) is 0 Å². The number of aromatic nitrogens is 4. The van der Waals surface area contributed by atoms with Crippen molar-refractivity contribution in [3.8, 4) is 0 Å². The minimum absolute atomic E-state index is 0.112. The molecular weight excluding hydrogens is 174 g/mol. The van der Waals surface area contributed by atoms with Crippen molar-refractivity contribution < 1.29 is 9.21 Å². The lowest BCUT2D eigenvalue weighted by molar-refractivity contribution is 0.0996. The van der Waals surface area contributed by atoms with Gasteiger partial charge >= 0.3 is 0 Å². The average molecular weight is 179 g/mol. The van der Waals surface area contributed by atoms with Crippen LogP contribution < -0.4 is 5.32 Å². The highest BCUT2D eigenvalue weighted by Gasteiger charge is 2.10. The van der Waals surface area contributed by atoms with E-state index in [1.54, 1.807) is 6.07 Å². The number of aromatic amines is 1. The monoisotopic (exact) mass is 179 g/mol. The Labute approximate surface area is 72.1 Å². The van der Waals surface area contributed by atoms with Crippen molar-refractivity contribution in [3.05, 3.63) is 24.2 Å². The molecule has 0 saturated heterocycles. The summed E-state index contributed by atoms with van der Waals surface area (Å²) < 4.78 is 4.85. The predicted octanol–water partition coefficient (Wildman–Crippen LogP) is 0.0450. The standard InChI is InChI=1S/C6H5N5O2/c12-5(4-2-1-3-13-4)7-6-8-10-11-9-6/h1-3H,(H2,7,8,9,10,11,12). The molecule has 0 aliphatic heterocycles. The van der Waals surface area contributed by atoms with E-state index >= 15 is 0 Å². The molecule has 2 rings (SSSR count). The van der Waals surface area contributed by atoms with E-state index in [1.807, 2.05) is 0 Å². The first kappa shape index (κ1) is 7.47. The normalized spacial score (nSPS) is 9.85. The molecule has 0 spiro atoms. The van der Waals surface area contributed by atoms with Gasteiger partial charge in [-0.05, 0) is 17.3 Å². The molecule has 66 valence electrons. The fourth-order valence-corrected chi connectivity index (χ4v) is 0.786. The third kappa shape index (κ3) is 1.53. The van der Waals surface area contributed by atoms with Crippen LogP contribution in [0.3, 0.4) is 0 Å². The van der Waals surface area contributed by atoms with Crippen molar-refractivity contribution in [2.24, 2.45) is 0 Å². The smallest absolute Gasteiger partial charge is 0.293 e. The quantitative estimate of drug-likeness (QED) is 0.678. The van der Waals surface area contributed by atoms with Gasteiger partial charge in [-0.1, -0.05) is 5.10 Å². The molecule has 2 N–H and O–H groups in total. The molecule has 0 aliphatic rings. The van der Waals surface area contributed by atoms with E-state index in [0.717, 1.165) is 0 Å². The maximum absolute atomic E-state index is 11.2. The number of hydrogen-bond acceptors (Lipinski definition) is 5. The maximum Gasteiger partial charge on any atom is 0.293 e. The Balaban J connectivity index is 2.08. The van der Waals surface area contributed by atoms with Crippen molar-refractivity contribution in [2.45, 2.75) is 0 Å². The lowest BCUT2D eigenvalue weighted by atomic mass is 10.4. The summed E-state index contributed by atoms with van der Waals surface area (Å²) in [4.78, 5) is 11.2. The van der Waals surface area contributed by atoms with Crippen LogP contribution in [0.25, 0.3) is 0 Å². The number of carbonyl (C=O) groups excluding carboxylic acids is 1. The zero-order valence-electron chi connectivity index (χ0n) is 6.39. The number of H-pyrrole nitrogens is 1. The van der Waals surface area contributed by atoms with Crippen LogP contribution in [0, 0.1) is 0 Å². The second kappa shape index (κ2) is 3.05. The van der Waals surface area contributed by atoms with Gasteiger partial charge < -0.3 is 4.42 Å². The fourth-order valence-electron chi connectivity index (χ4n) is 0.786. The van der Waals surface area contributed by atoms with Crippen molar-refractivity contribution in [1.82, 2.24) is 20.6 Å². The molecule has 0 aliphatic carbocycles. The van der Waals surface area contributed by atoms with Crippen LogP contribution >= 0.6 is 0 Å². The molecule has 2 aromatic heterocycles. The number of anilines is 1. The summed E-state index contributed by atoms with van der Waals surface area (Å²) in [6, 6.07) is 3.15. The Morgan fingerprint density at radius 2 is 2.54 bits per heavy atom. The molecule has 1 amide bonds. The van der Waals surface area contributed by atoms with Crippen LogP contribution in [0.5, 0.6) is 0 Å². The Morgan fingerprint density at radius 1 is 1.62 bits per heavy atom. The lowest BCUT2D eigenvalue weighted by Gasteiger charge is -1.94. The van der Waals surface area contributed by atoms with E-state index in [1.165, 1.54) is 12.3 Å². The van der Waals surface area contributed by atoms with Crippen LogP contribution in [0.15, 0.2) is 22.8 Å². The molecule has 13 heavy (non-hydrogen) atoms. The van der Waals surface area contributed by atoms with Crippen LogP contribution in [-0.2, 0) is 0 Å². The first-order valence-corrected chi connectivity index (χ1v) is 3.44. The first-order chi connectivity index (χ1) is 6.36. The molecule has 7 heteroatoms. The summed E-state index contributed by atoms with van der Waals surface area (Å²) in [7, 11) is 0. The Hall–Kier alpha value is -2.18. The van der Waals surface area contributed by atoms with Crippen LogP contribution in [0.2, 0.25) is 0 Å². The molecule has 0 saturated carbocycles. The predicted molar refractivity (Wildman–Crippen MR) is 40.8 cm³/mol. The molecule has 0 atom stereocenters. The number of furan rings is 1. The third-order valence-corrected chi connectivity index (χ3v) is 1.32. The topological polar surface area (TPSA) is 96.7 Å². The molecule has 0 bridgehead atoms. The molecule has 0 unspecified atom stereocenters. The van der Waals surface area contributed by atoms with E-state index in [2.05, 4.69) is 25.9 Å². The highest BCUT2D eigenvalue weighted by atomic mass is 16.3. The van der Waals surface area contributed by atoms with Crippen molar-refractivity contribution >= 4 is 11.9 Å². The van der Waals surface area contributed by atoms with Crippen LogP contribution in [0.4, 0.5) is 5.95 Å². The number of tetrazole rings is 1. The van der Waals surface area contributed by atoms with E-state index in [-0.39, 0.29) is 11.7 Å². The fraction of sp³-hybridized carbons (Fsp3) is 0. The Kier molecular flexibility index (Phi) is 1.75. The van der Waals surface area contributed by atoms with Gasteiger partial charge in [0.15, 0.2) is 5.76 Å². The SMILES string of the molecule is O=C(Nc1nn[nH]n1)c1ccco1. The second-order valence-corrected chi connectivity index (χ2v) is 2.17. The molecule has 0 aromatic carbocycles. The Bertz CT molecular complexity index is 379. The number of hydrogen-bond donors (Lipinski definition) is 2. The minimum Gasteiger partial charge on any atom is -0.459 e. The zero-order valence-corrected chi connectivity index (χ0v) is 6.39.